The van der Waals surface area contributed by atoms with Crippen molar-refractivity contribution >= 4 is 12.6 Å². The number of rotatable bonds is 5. The summed E-state index contributed by atoms with van der Waals surface area (Å²) in [5, 5.41) is 3.42. The van der Waals surface area contributed by atoms with Crippen LogP contribution in [0.2, 0.25) is 0 Å². The summed E-state index contributed by atoms with van der Waals surface area (Å²) < 4.78 is 0. The molecule has 0 saturated carbocycles. The smallest absolute Gasteiger partial charge is 0.223 e. The molecule has 0 aliphatic carbocycles. The van der Waals surface area contributed by atoms with Gasteiger partial charge < -0.3 is 15.1 Å². The lowest BCUT2D eigenvalue weighted by Gasteiger charge is -2.49. The van der Waals surface area contributed by atoms with E-state index in [2.05, 4.69) is 39.1 Å². The molecule has 3 fully saturated rings. The minimum absolute atomic E-state index is 0.0308. The van der Waals surface area contributed by atoms with Gasteiger partial charge in [-0.05, 0) is 76.7 Å². The monoisotopic (exact) mass is 330 g/mol. The standard InChI is InChI=1S/C19H30N4O/c1-20-17(6-5-15-22-13-2-3-14-22)16-23-18(24)7-4-8-19(23)9-11-21-12-10-19/h5-6,15,21H,1-4,7-14,16H2/b15-5-,17-6-. The number of nitrogens with one attached hydrogen (secondary N) is 1. The first-order chi connectivity index (χ1) is 11.7. The van der Waals surface area contributed by atoms with Crippen LogP contribution in [-0.4, -0.2) is 60.7 Å². The van der Waals surface area contributed by atoms with Crippen molar-refractivity contribution in [1.29, 1.82) is 0 Å². The van der Waals surface area contributed by atoms with Crippen LogP contribution < -0.4 is 5.32 Å². The van der Waals surface area contributed by atoms with E-state index in [1.165, 1.54) is 12.8 Å². The van der Waals surface area contributed by atoms with E-state index in [1.54, 1.807) is 0 Å². The first-order valence-corrected chi connectivity index (χ1v) is 9.33. The van der Waals surface area contributed by atoms with Gasteiger partial charge in [-0.3, -0.25) is 9.79 Å². The fourth-order valence-corrected chi connectivity index (χ4v) is 4.25. The molecule has 5 nitrogen and oxygen atoms in total. The van der Waals surface area contributed by atoms with Crippen molar-refractivity contribution in [2.45, 2.75) is 50.5 Å². The molecule has 1 amide bonds. The maximum Gasteiger partial charge on any atom is 0.223 e. The molecule has 0 aromatic rings. The highest BCUT2D eigenvalue weighted by Gasteiger charge is 2.42. The molecule has 3 rings (SSSR count). The molecule has 0 unspecified atom stereocenters. The fourth-order valence-electron chi connectivity index (χ4n) is 4.25. The molecule has 0 atom stereocenters. The summed E-state index contributed by atoms with van der Waals surface area (Å²) in [6.07, 6.45) is 13.7. The normalized spacial score (nSPS) is 25.0. The summed E-state index contributed by atoms with van der Waals surface area (Å²) in [4.78, 5) is 21.2. The molecular formula is C19H30N4O. The van der Waals surface area contributed by atoms with Crippen LogP contribution in [0.4, 0.5) is 0 Å². The lowest BCUT2D eigenvalue weighted by atomic mass is 9.78. The van der Waals surface area contributed by atoms with Crippen molar-refractivity contribution < 1.29 is 4.79 Å². The third kappa shape index (κ3) is 3.89. The Morgan fingerprint density at radius 3 is 2.67 bits per heavy atom. The van der Waals surface area contributed by atoms with Gasteiger partial charge in [-0.15, -0.1) is 0 Å². The maximum atomic E-state index is 12.6. The number of piperidine rings is 2. The number of nitrogens with zero attached hydrogens (tertiary/aromatic N) is 3. The molecule has 3 heterocycles. The molecule has 132 valence electrons. The summed E-state index contributed by atoms with van der Waals surface area (Å²) in [7, 11) is 0. The molecule has 3 aliphatic heterocycles. The lowest BCUT2D eigenvalue weighted by Crippen LogP contribution is -2.59. The van der Waals surface area contributed by atoms with Crippen LogP contribution >= 0.6 is 0 Å². The first kappa shape index (κ1) is 17.2. The molecule has 1 N–H and O–H groups in total. The molecule has 3 aliphatic rings. The number of allylic oxidation sites excluding steroid dienone is 2. The summed E-state index contributed by atoms with van der Waals surface area (Å²) in [6, 6.07) is 0. The minimum Gasteiger partial charge on any atom is -0.377 e. The van der Waals surface area contributed by atoms with Gasteiger partial charge in [-0.25, -0.2) is 0 Å². The Bertz CT molecular complexity index is 508. The number of likely N-dealkylation sites (tertiary alicyclic amines) is 2. The molecule has 0 aromatic carbocycles. The third-order valence-electron chi connectivity index (χ3n) is 5.69. The van der Waals surface area contributed by atoms with Gasteiger partial charge in [0, 0.05) is 25.0 Å². The molecule has 0 radical (unpaired) electrons. The zero-order chi connectivity index (χ0) is 16.8. The second-order valence-electron chi connectivity index (χ2n) is 7.21. The average molecular weight is 330 g/mol. The van der Waals surface area contributed by atoms with Crippen LogP contribution in [0.3, 0.4) is 0 Å². The van der Waals surface area contributed by atoms with Crippen molar-refractivity contribution in [2.75, 3.05) is 32.7 Å². The quantitative estimate of drug-likeness (QED) is 0.622. The number of hydrogen-bond acceptors (Lipinski definition) is 4. The molecule has 5 heteroatoms. The number of amides is 1. The third-order valence-corrected chi connectivity index (χ3v) is 5.69. The van der Waals surface area contributed by atoms with Crippen molar-refractivity contribution in [3.8, 4) is 0 Å². The Kier molecular flexibility index (Phi) is 5.72. The number of carbonyl (C=O) groups excluding carboxylic acids is 1. The maximum absolute atomic E-state index is 12.6. The number of aliphatic imine (C=N–C) groups is 1. The Morgan fingerprint density at radius 1 is 1.21 bits per heavy atom. The van der Waals surface area contributed by atoms with E-state index in [1.807, 2.05) is 6.08 Å². The fraction of sp³-hybridized carbons (Fsp3) is 0.684. The predicted octanol–water partition coefficient (Wildman–Crippen LogP) is 2.32. The van der Waals surface area contributed by atoms with Gasteiger partial charge in [0.25, 0.3) is 0 Å². The highest BCUT2D eigenvalue weighted by Crippen LogP contribution is 2.36. The highest BCUT2D eigenvalue weighted by atomic mass is 16.2. The van der Waals surface area contributed by atoms with Crippen molar-refractivity contribution in [3.63, 3.8) is 0 Å². The van der Waals surface area contributed by atoms with Gasteiger partial charge in [0.15, 0.2) is 0 Å². The van der Waals surface area contributed by atoms with Crippen molar-refractivity contribution in [3.05, 3.63) is 24.0 Å². The van der Waals surface area contributed by atoms with Crippen LogP contribution in [0.15, 0.2) is 29.0 Å². The summed E-state index contributed by atoms with van der Waals surface area (Å²) in [6.45, 7) is 8.59. The van der Waals surface area contributed by atoms with Gasteiger partial charge in [0.05, 0.1) is 12.2 Å². The Morgan fingerprint density at radius 2 is 1.96 bits per heavy atom. The summed E-state index contributed by atoms with van der Waals surface area (Å²) in [5.41, 5.74) is 0.918. The first-order valence-electron chi connectivity index (χ1n) is 9.33. The van der Waals surface area contributed by atoms with Crippen molar-refractivity contribution in [2.24, 2.45) is 4.99 Å². The van der Waals surface area contributed by atoms with E-state index in [0.717, 1.165) is 57.6 Å². The van der Waals surface area contributed by atoms with Crippen LogP contribution in [0.5, 0.6) is 0 Å². The van der Waals surface area contributed by atoms with Crippen LogP contribution in [0, 0.1) is 0 Å². The van der Waals surface area contributed by atoms with E-state index in [-0.39, 0.29) is 11.4 Å². The van der Waals surface area contributed by atoms with Gasteiger partial charge in [-0.1, -0.05) is 0 Å². The van der Waals surface area contributed by atoms with Crippen LogP contribution in [0.25, 0.3) is 0 Å². The second kappa shape index (κ2) is 7.97. The van der Waals surface area contributed by atoms with Gasteiger partial charge in [-0.2, -0.15) is 0 Å². The van der Waals surface area contributed by atoms with E-state index in [9.17, 15) is 4.79 Å². The Labute approximate surface area is 145 Å². The zero-order valence-corrected chi connectivity index (χ0v) is 14.7. The molecule has 0 bridgehead atoms. The summed E-state index contributed by atoms with van der Waals surface area (Å²) >= 11 is 0. The number of carbonyl (C=O) groups is 1. The summed E-state index contributed by atoms with van der Waals surface area (Å²) in [5.74, 6) is 0.279. The van der Waals surface area contributed by atoms with Gasteiger partial charge in [0.2, 0.25) is 5.91 Å². The van der Waals surface area contributed by atoms with Gasteiger partial charge >= 0.3 is 0 Å². The van der Waals surface area contributed by atoms with Crippen molar-refractivity contribution in [1.82, 2.24) is 15.1 Å². The van der Waals surface area contributed by atoms with Crippen LogP contribution in [0.1, 0.15) is 44.9 Å². The molecular weight excluding hydrogens is 300 g/mol. The van der Waals surface area contributed by atoms with E-state index in [0.29, 0.717) is 13.0 Å². The van der Waals surface area contributed by atoms with E-state index < -0.39 is 0 Å². The molecule has 1 spiro atoms. The highest BCUT2D eigenvalue weighted by molar-refractivity contribution is 5.78. The molecule has 24 heavy (non-hydrogen) atoms. The van der Waals surface area contributed by atoms with E-state index in [4.69, 9.17) is 0 Å². The van der Waals surface area contributed by atoms with E-state index >= 15 is 0 Å². The van der Waals surface area contributed by atoms with Crippen LogP contribution in [-0.2, 0) is 4.79 Å². The zero-order valence-electron chi connectivity index (χ0n) is 14.7. The van der Waals surface area contributed by atoms with Gasteiger partial charge in [0.1, 0.15) is 0 Å². The largest absolute Gasteiger partial charge is 0.377 e. The SMILES string of the molecule is C=N/C(=C\C=C/N1CCCC1)CN1C(=O)CCCC12CCNCC2. The lowest BCUT2D eigenvalue weighted by molar-refractivity contribution is -0.142. The number of hydrogen-bond donors (Lipinski definition) is 1. The second-order valence-corrected chi connectivity index (χ2v) is 7.21. The topological polar surface area (TPSA) is 47.9 Å². The predicted molar refractivity (Wildman–Crippen MR) is 98.0 cm³/mol. The Hall–Kier alpha value is -1.62. The Balaban J connectivity index is 1.69. The minimum atomic E-state index is 0.0308. The average Bonchev–Trinajstić information content (AvgIpc) is 3.11. The molecule has 3 saturated heterocycles. The molecule has 0 aromatic heterocycles.